The monoisotopic (exact) mass is 390 g/mol. The zero-order chi connectivity index (χ0) is 19.4. The van der Waals surface area contributed by atoms with E-state index in [-0.39, 0.29) is 0 Å². The molecule has 28 heavy (non-hydrogen) atoms. The Morgan fingerprint density at radius 3 is 2.43 bits per heavy atom. The number of nitrogens with one attached hydrogen (secondary N) is 2. The molecule has 0 unspecified atom stereocenters. The van der Waals surface area contributed by atoms with E-state index < -0.39 is 0 Å². The van der Waals surface area contributed by atoms with Crippen LogP contribution in [0.3, 0.4) is 0 Å². The average molecular weight is 391 g/mol. The van der Waals surface area contributed by atoms with Crippen molar-refractivity contribution < 1.29 is 4.74 Å². The van der Waals surface area contributed by atoms with E-state index in [1.54, 1.807) is 12.4 Å². The first kappa shape index (κ1) is 20.8. The van der Waals surface area contributed by atoms with Crippen molar-refractivity contribution in [3.63, 3.8) is 0 Å². The third kappa shape index (κ3) is 6.88. The first-order valence-corrected chi connectivity index (χ1v) is 10.4. The van der Waals surface area contributed by atoms with Gasteiger partial charge in [-0.25, -0.2) is 9.97 Å². The third-order valence-electron chi connectivity index (χ3n) is 5.06. The Balaban J connectivity index is 1.34. The number of ether oxygens (including phenoxy) is 1. The summed E-state index contributed by atoms with van der Waals surface area (Å²) in [5.74, 6) is 1.74. The second-order valence-corrected chi connectivity index (χ2v) is 7.02. The maximum absolute atomic E-state index is 5.40. The van der Waals surface area contributed by atoms with Crippen LogP contribution in [-0.2, 0) is 4.74 Å². The molecule has 156 valence electrons. The minimum atomic E-state index is 0.800. The number of piperazine rings is 1. The van der Waals surface area contributed by atoms with Crippen molar-refractivity contribution in [2.24, 2.45) is 4.99 Å². The number of morpholine rings is 1. The summed E-state index contributed by atoms with van der Waals surface area (Å²) in [7, 11) is 0. The van der Waals surface area contributed by atoms with Crippen LogP contribution in [0, 0.1) is 0 Å². The fourth-order valence-corrected chi connectivity index (χ4v) is 3.43. The molecule has 9 nitrogen and oxygen atoms in total. The molecule has 0 aliphatic carbocycles. The van der Waals surface area contributed by atoms with Crippen molar-refractivity contribution in [2.75, 3.05) is 90.1 Å². The fourth-order valence-electron chi connectivity index (χ4n) is 3.43. The summed E-state index contributed by atoms with van der Waals surface area (Å²) < 4.78 is 5.40. The van der Waals surface area contributed by atoms with Crippen LogP contribution in [0.15, 0.2) is 23.5 Å². The number of aliphatic imine (C=N–C) groups is 1. The van der Waals surface area contributed by atoms with E-state index in [2.05, 4.69) is 42.2 Å². The number of aromatic nitrogens is 2. The highest BCUT2D eigenvalue weighted by molar-refractivity contribution is 5.79. The Bertz CT molecular complexity index is 571. The minimum absolute atomic E-state index is 0.800. The first-order valence-electron chi connectivity index (χ1n) is 10.4. The molecule has 2 aliphatic heterocycles. The summed E-state index contributed by atoms with van der Waals surface area (Å²) in [4.78, 5) is 20.6. The number of rotatable bonds is 8. The van der Waals surface area contributed by atoms with Crippen molar-refractivity contribution in [1.29, 1.82) is 0 Å². The Morgan fingerprint density at radius 1 is 1.00 bits per heavy atom. The molecule has 2 N–H and O–H groups in total. The summed E-state index contributed by atoms with van der Waals surface area (Å²) in [6, 6.07) is 1.86. The molecular formula is C19H34N8O. The molecule has 0 bridgehead atoms. The van der Waals surface area contributed by atoms with Crippen LogP contribution in [0.2, 0.25) is 0 Å². The van der Waals surface area contributed by atoms with Gasteiger partial charge in [0, 0.05) is 77.8 Å². The number of guanidine groups is 1. The molecule has 0 spiro atoms. The van der Waals surface area contributed by atoms with Crippen molar-refractivity contribution >= 4 is 11.9 Å². The number of anilines is 1. The van der Waals surface area contributed by atoms with E-state index in [0.717, 1.165) is 97.1 Å². The van der Waals surface area contributed by atoms with Crippen molar-refractivity contribution in [2.45, 2.75) is 6.92 Å². The Kier molecular flexibility index (Phi) is 8.73. The van der Waals surface area contributed by atoms with Gasteiger partial charge in [0.2, 0.25) is 5.95 Å². The van der Waals surface area contributed by atoms with E-state index in [9.17, 15) is 0 Å². The molecule has 2 saturated heterocycles. The Morgan fingerprint density at radius 2 is 1.71 bits per heavy atom. The standard InChI is InChI=1S/C19H34N8O/c1-2-20-18(22-7-9-26-14-16-28-17-15-26)21-6-8-25-10-12-27(13-11-25)19-23-4-3-5-24-19/h3-5H,2,6-17H2,1H3,(H2,20,21,22). The van der Waals surface area contributed by atoms with E-state index in [4.69, 9.17) is 9.73 Å². The normalized spacial score (nSPS) is 19.6. The van der Waals surface area contributed by atoms with Crippen LogP contribution in [0.1, 0.15) is 6.92 Å². The summed E-state index contributed by atoms with van der Waals surface area (Å²) in [5.41, 5.74) is 0. The van der Waals surface area contributed by atoms with E-state index in [1.807, 2.05) is 6.07 Å². The van der Waals surface area contributed by atoms with Gasteiger partial charge >= 0.3 is 0 Å². The van der Waals surface area contributed by atoms with Crippen molar-refractivity contribution in [3.05, 3.63) is 18.5 Å². The van der Waals surface area contributed by atoms with Gasteiger partial charge in [-0.15, -0.1) is 0 Å². The second-order valence-electron chi connectivity index (χ2n) is 7.02. The molecule has 3 heterocycles. The predicted molar refractivity (Wildman–Crippen MR) is 112 cm³/mol. The molecule has 2 fully saturated rings. The molecule has 2 aliphatic rings. The van der Waals surface area contributed by atoms with Gasteiger partial charge in [-0.1, -0.05) is 0 Å². The zero-order valence-corrected chi connectivity index (χ0v) is 17.0. The third-order valence-corrected chi connectivity index (χ3v) is 5.06. The maximum Gasteiger partial charge on any atom is 0.225 e. The van der Waals surface area contributed by atoms with Crippen LogP contribution >= 0.6 is 0 Å². The highest BCUT2D eigenvalue weighted by atomic mass is 16.5. The van der Waals surface area contributed by atoms with E-state index in [0.29, 0.717) is 0 Å². The van der Waals surface area contributed by atoms with Gasteiger partial charge < -0.3 is 20.3 Å². The number of nitrogens with zero attached hydrogens (tertiary/aromatic N) is 6. The van der Waals surface area contributed by atoms with Gasteiger partial charge in [0.05, 0.1) is 19.8 Å². The highest BCUT2D eigenvalue weighted by Crippen LogP contribution is 2.09. The molecule has 0 atom stereocenters. The predicted octanol–water partition coefficient (Wildman–Crippen LogP) is -0.514. The van der Waals surface area contributed by atoms with Crippen LogP contribution < -0.4 is 15.5 Å². The molecule has 0 radical (unpaired) electrons. The van der Waals surface area contributed by atoms with Gasteiger partial charge in [0.1, 0.15) is 0 Å². The molecule has 0 aromatic carbocycles. The lowest BCUT2D eigenvalue weighted by Crippen LogP contribution is -2.48. The highest BCUT2D eigenvalue weighted by Gasteiger charge is 2.18. The average Bonchev–Trinajstić information content (AvgIpc) is 2.76. The van der Waals surface area contributed by atoms with Crippen molar-refractivity contribution in [3.8, 4) is 0 Å². The fraction of sp³-hybridized carbons (Fsp3) is 0.737. The lowest BCUT2D eigenvalue weighted by Gasteiger charge is -2.34. The van der Waals surface area contributed by atoms with Gasteiger partial charge in [-0.05, 0) is 13.0 Å². The van der Waals surface area contributed by atoms with Crippen LogP contribution in [0.25, 0.3) is 0 Å². The molecule has 9 heteroatoms. The van der Waals surface area contributed by atoms with Gasteiger partial charge in [0.25, 0.3) is 0 Å². The Labute approximate surface area is 168 Å². The molecule has 0 amide bonds. The van der Waals surface area contributed by atoms with E-state index in [1.165, 1.54) is 0 Å². The lowest BCUT2D eigenvalue weighted by atomic mass is 10.3. The summed E-state index contributed by atoms with van der Waals surface area (Å²) >= 11 is 0. The van der Waals surface area contributed by atoms with Gasteiger partial charge in [0.15, 0.2) is 5.96 Å². The minimum Gasteiger partial charge on any atom is -0.379 e. The Hall–Kier alpha value is -1.97. The number of hydrogen-bond donors (Lipinski definition) is 2. The maximum atomic E-state index is 5.40. The van der Waals surface area contributed by atoms with Crippen LogP contribution in [-0.4, -0.2) is 111 Å². The summed E-state index contributed by atoms with van der Waals surface area (Å²) in [6.07, 6.45) is 3.61. The summed E-state index contributed by atoms with van der Waals surface area (Å²) in [5, 5.41) is 6.79. The number of hydrogen-bond acceptors (Lipinski definition) is 7. The van der Waals surface area contributed by atoms with Gasteiger partial charge in [-0.3, -0.25) is 14.8 Å². The van der Waals surface area contributed by atoms with Crippen molar-refractivity contribution in [1.82, 2.24) is 30.4 Å². The molecule has 1 aromatic rings. The molecule has 1 aromatic heterocycles. The molecule has 3 rings (SSSR count). The lowest BCUT2D eigenvalue weighted by molar-refractivity contribution is 0.0389. The summed E-state index contributed by atoms with van der Waals surface area (Å²) in [6.45, 7) is 14.4. The molecular weight excluding hydrogens is 356 g/mol. The van der Waals surface area contributed by atoms with Gasteiger partial charge in [-0.2, -0.15) is 0 Å². The molecule has 0 saturated carbocycles. The second kappa shape index (κ2) is 11.8. The van der Waals surface area contributed by atoms with E-state index >= 15 is 0 Å². The quantitative estimate of drug-likeness (QED) is 0.454. The van der Waals surface area contributed by atoms with Crippen LogP contribution in [0.4, 0.5) is 5.95 Å². The smallest absolute Gasteiger partial charge is 0.225 e. The largest absolute Gasteiger partial charge is 0.379 e. The van der Waals surface area contributed by atoms with Crippen LogP contribution in [0.5, 0.6) is 0 Å². The first-order chi connectivity index (χ1) is 13.8. The zero-order valence-electron chi connectivity index (χ0n) is 17.0. The SMILES string of the molecule is CCNC(=NCCN1CCN(c2ncccn2)CC1)NCCN1CCOCC1. The topological polar surface area (TPSA) is 81.2 Å².